The Bertz CT molecular complexity index is 381. The molecule has 0 aromatic heterocycles. The molecule has 0 amide bonds. The van der Waals surface area contributed by atoms with Crippen LogP contribution in [0.5, 0.6) is 0 Å². The van der Waals surface area contributed by atoms with E-state index >= 15 is 0 Å². The predicted molar refractivity (Wildman–Crippen MR) is 71.0 cm³/mol. The lowest BCUT2D eigenvalue weighted by Crippen LogP contribution is -2.47. The highest BCUT2D eigenvalue weighted by atomic mass is 15.2. The molecule has 0 bridgehead atoms. The van der Waals surface area contributed by atoms with Crippen LogP contribution in [0.3, 0.4) is 0 Å². The molecule has 1 aliphatic rings. The Hall–Kier alpha value is -1.52. The highest BCUT2D eigenvalue weighted by molar-refractivity contribution is 5.44. The second-order valence-corrected chi connectivity index (χ2v) is 4.26. The zero-order chi connectivity index (χ0) is 12.2. The number of hydrogen-bond acceptors (Lipinski definition) is 1. The monoisotopic (exact) mass is 213 g/mol. The largest absolute Gasteiger partial charge is 0.279 e. The molecule has 0 aromatic carbocycles. The Morgan fingerprint density at radius 3 is 2.88 bits per heavy atom. The summed E-state index contributed by atoms with van der Waals surface area (Å²) in [6, 6.07) is 0. The highest BCUT2D eigenvalue weighted by Crippen LogP contribution is 2.33. The highest BCUT2D eigenvalue weighted by Gasteiger charge is 2.34. The van der Waals surface area contributed by atoms with Crippen LogP contribution >= 0.6 is 0 Å². The molecule has 1 atom stereocenters. The van der Waals surface area contributed by atoms with E-state index in [0.29, 0.717) is 6.54 Å². The summed E-state index contributed by atoms with van der Waals surface area (Å²) >= 11 is 0. The predicted octanol–water partition coefficient (Wildman–Crippen LogP) is 2.94. The van der Waals surface area contributed by atoms with Gasteiger partial charge in [0, 0.05) is 12.1 Å². The molecule has 0 fully saturated rings. The van der Waals surface area contributed by atoms with E-state index in [2.05, 4.69) is 43.6 Å². The fourth-order valence-electron chi connectivity index (χ4n) is 2.04. The molecule has 0 saturated heterocycles. The van der Waals surface area contributed by atoms with Crippen LogP contribution in [0.4, 0.5) is 0 Å². The first kappa shape index (κ1) is 12.5. The van der Waals surface area contributed by atoms with Crippen molar-refractivity contribution in [1.82, 2.24) is 4.90 Å². The van der Waals surface area contributed by atoms with Crippen LogP contribution in [0, 0.1) is 12.3 Å². The summed E-state index contributed by atoms with van der Waals surface area (Å²) in [6.07, 6.45) is 12.2. The van der Waals surface area contributed by atoms with Crippen LogP contribution in [0.1, 0.15) is 13.3 Å². The number of nitrogens with zero attached hydrogens (tertiary/aromatic N) is 1. The Labute approximate surface area is 98.8 Å². The van der Waals surface area contributed by atoms with Crippen molar-refractivity contribution in [2.45, 2.75) is 18.9 Å². The molecule has 0 aliphatic carbocycles. The van der Waals surface area contributed by atoms with Gasteiger partial charge >= 0.3 is 0 Å². The summed E-state index contributed by atoms with van der Waals surface area (Å²) in [5.41, 5.74) is 1.83. The van der Waals surface area contributed by atoms with Crippen LogP contribution in [-0.2, 0) is 0 Å². The molecule has 1 nitrogen and oxygen atoms in total. The normalized spacial score (nSPS) is 26.2. The van der Waals surface area contributed by atoms with E-state index in [0.717, 1.165) is 24.1 Å². The molecule has 1 aliphatic heterocycles. The Balaban J connectivity index is 3.12. The van der Waals surface area contributed by atoms with Gasteiger partial charge in [0.15, 0.2) is 0 Å². The maximum Gasteiger partial charge on any atom is 0.0609 e. The number of rotatable bonds is 3. The van der Waals surface area contributed by atoms with Gasteiger partial charge in [0.05, 0.1) is 6.54 Å². The van der Waals surface area contributed by atoms with Gasteiger partial charge in [-0.2, -0.15) is 0 Å². The lowest BCUT2D eigenvalue weighted by atomic mass is 9.84. The second kappa shape index (κ2) is 5.01. The maximum atomic E-state index is 5.41. The minimum atomic E-state index is -0.172. The third-order valence-corrected chi connectivity index (χ3v) is 3.20. The summed E-state index contributed by atoms with van der Waals surface area (Å²) in [4.78, 5) is 2.23. The molecule has 16 heavy (non-hydrogen) atoms. The van der Waals surface area contributed by atoms with Gasteiger partial charge in [-0.05, 0) is 24.5 Å². The van der Waals surface area contributed by atoms with Gasteiger partial charge < -0.3 is 0 Å². The van der Waals surface area contributed by atoms with Crippen LogP contribution in [0.25, 0.3) is 0 Å². The summed E-state index contributed by atoms with van der Waals surface area (Å²) in [5, 5.41) is 0. The molecule has 1 heteroatoms. The Kier molecular flexibility index (Phi) is 3.93. The third kappa shape index (κ3) is 2.18. The van der Waals surface area contributed by atoms with E-state index in [1.54, 1.807) is 0 Å². The number of allylic oxidation sites excluding steroid dienone is 1. The minimum Gasteiger partial charge on any atom is -0.279 e. The SMILES string of the molecule is C#CCN1CC=CC(=C)C(=C)C1(C)CC=C. The van der Waals surface area contributed by atoms with E-state index in [4.69, 9.17) is 6.42 Å². The minimum absolute atomic E-state index is 0.172. The summed E-state index contributed by atoms with van der Waals surface area (Å²) in [5.74, 6) is 2.70. The Morgan fingerprint density at radius 1 is 1.62 bits per heavy atom. The van der Waals surface area contributed by atoms with Crippen molar-refractivity contribution in [3.8, 4) is 12.3 Å². The molecule has 0 saturated carbocycles. The molecule has 0 aromatic rings. The van der Waals surface area contributed by atoms with Gasteiger partial charge in [-0.15, -0.1) is 13.0 Å². The molecular formula is C15H19N. The number of terminal acetylenes is 1. The molecule has 0 radical (unpaired) electrons. The van der Waals surface area contributed by atoms with Gasteiger partial charge in [0.1, 0.15) is 0 Å². The van der Waals surface area contributed by atoms with Gasteiger partial charge in [-0.3, -0.25) is 4.90 Å². The molecular weight excluding hydrogens is 194 g/mol. The standard InChI is InChI=1S/C15H19N/c1-6-10-15(5)14(4)13(3)9-8-12-16(15)11-7-2/h2,6,8-9H,1,3-4,10-12H2,5H3. The van der Waals surface area contributed by atoms with E-state index in [9.17, 15) is 0 Å². The van der Waals surface area contributed by atoms with Crippen LogP contribution in [0.2, 0.25) is 0 Å². The third-order valence-electron chi connectivity index (χ3n) is 3.20. The summed E-state index contributed by atoms with van der Waals surface area (Å²) in [6.45, 7) is 15.6. The molecule has 0 N–H and O–H groups in total. The van der Waals surface area contributed by atoms with E-state index in [1.807, 2.05) is 12.2 Å². The fourth-order valence-corrected chi connectivity index (χ4v) is 2.04. The van der Waals surface area contributed by atoms with E-state index in [-0.39, 0.29) is 5.54 Å². The molecule has 1 unspecified atom stereocenters. The second-order valence-electron chi connectivity index (χ2n) is 4.26. The topological polar surface area (TPSA) is 3.24 Å². The van der Waals surface area contributed by atoms with Crippen LogP contribution in [-0.4, -0.2) is 23.5 Å². The van der Waals surface area contributed by atoms with E-state index in [1.165, 1.54) is 0 Å². The summed E-state index contributed by atoms with van der Waals surface area (Å²) in [7, 11) is 0. The molecule has 84 valence electrons. The van der Waals surface area contributed by atoms with Crippen molar-refractivity contribution in [2.75, 3.05) is 13.1 Å². The van der Waals surface area contributed by atoms with Crippen LogP contribution in [0.15, 0.2) is 49.1 Å². The van der Waals surface area contributed by atoms with Crippen molar-refractivity contribution < 1.29 is 0 Å². The van der Waals surface area contributed by atoms with Gasteiger partial charge in [0.2, 0.25) is 0 Å². The Morgan fingerprint density at radius 2 is 2.31 bits per heavy atom. The van der Waals surface area contributed by atoms with Crippen molar-refractivity contribution in [3.63, 3.8) is 0 Å². The van der Waals surface area contributed by atoms with Crippen molar-refractivity contribution in [2.24, 2.45) is 0 Å². The first-order valence-corrected chi connectivity index (χ1v) is 5.41. The van der Waals surface area contributed by atoms with Crippen molar-refractivity contribution in [3.05, 3.63) is 49.1 Å². The maximum absolute atomic E-state index is 5.41. The first-order chi connectivity index (χ1) is 7.56. The first-order valence-electron chi connectivity index (χ1n) is 5.41. The van der Waals surface area contributed by atoms with Crippen molar-refractivity contribution >= 4 is 0 Å². The van der Waals surface area contributed by atoms with Crippen LogP contribution < -0.4 is 0 Å². The van der Waals surface area contributed by atoms with Gasteiger partial charge in [0.25, 0.3) is 0 Å². The zero-order valence-corrected chi connectivity index (χ0v) is 10.00. The zero-order valence-electron chi connectivity index (χ0n) is 10.00. The number of hydrogen-bond donors (Lipinski definition) is 0. The smallest absolute Gasteiger partial charge is 0.0609 e. The average molecular weight is 213 g/mol. The quantitative estimate of drug-likeness (QED) is 0.514. The van der Waals surface area contributed by atoms with Gasteiger partial charge in [-0.1, -0.05) is 37.3 Å². The van der Waals surface area contributed by atoms with Gasteiger partial charge in [-0.25, -0.2) is 0 Å². The molecule has 1 heterocycles. The lowest BCUT2D eigenvalue weighted by molar-refractivity contribution is 0.181. The van der Waals surface area contributed by atoms with E-state index < -0.39 is 0 Å². The lowest BCUT2D eigenvalue weighted by Gasteiger charge is -2.40. The molecule has 1 rings (SSSR count). The summed E-state index contributed by atoms with van der Waals surface area (Å²) < 4.78 is 0. The fraction of sp³-hybridized carbons (Fsp3) is 0.333. The van der Waals surface area contributed by atoms with Crippen molar-refractivity contribution in [1.29, 1.82) is 0 Å². The molecule has 0 spiro atoms. The average Bonchev–Trinajstić information content (AvgIpc) is 2.34.